The SMILES string of the molecule is CN(CCc1ccncc1)c1nncc(Nc2cccc(Cl)c2)n1. The van der Waals surface area contributed by atoms with Gasteiger partial charge >= 0.3 is 0 Å². The molecule has 2 aromatic heterocycles. The number of halogens is 1. The van der Waals surface area contributed by atoms with E-state index in [4.69, 9.17) is 11.6 Å². The van der Waals surface area contributed by atoms with Crippen LogP contribution in [0.4, 0.5) is 17.5 Å². The molecule has 0 amide bonds. The topological polar surface area (TPSA) is 66.8 Å². The van der Waals surface area contributed by atoms with Crippen molar-refractivity contribution in [2.75, 3.05) is 23.8 Å². The summed E-state index contributed by atoms with van der Waals surface area (Å²) in [4.78, 5) is 10.5. The Hall–Kier alpha value is -2.73. The molecule has 2 heterocycles. The molecule has 1 aromatic carbocycles. The average molecular weight is 341 g/mol. The number of anilines is 3. The molecular formula is C17H17ClN6. The molecule has 3 aromatic rings. The van der Waals surface area contributed by atoms with Crippen LogP contribution < -0.4 is 10.2 Å². The molecule has 3 rings (SSSR count). The molecule has 0 saturated carbocycles. The summed E-state index contributed by atoms with van der Waals surface area (Å²) in [7, 11) is 1.95. The second-order valence-electron chi connectivity index (χ2n) is 5.30. The summed E-state index contributed by atoms with van der Waals surface area (Å²) in [6.45, 7) is 0.784. The Morgan fingerprint density at radius 1 is 1.17 bits per heavy atom. The van der Waals surface area contributed by atoms with Crippen molar-refractivity contribution in [2.24, 2.45) is 0 Å². The summed E-state index contributed by atoms with van der Waals surface area (Å²) < 4.78 is 0. The van der Waals surface area contributed by atoms with Crippen molar-refractivity contribution in [3.8, 4) is 0 Å². The van der Waals surface area contributed by atoms with Crippen LogP contribution >= 0.6 is 11.6 Å². The van der Waals surface area contributed by atoms with Crippen LogP contribution in [0, 0.1) is 0 Å². The highest BCUT2D eigenvalue weighted by molar-refractivity contribution is 6.30. The minimum Gasteiger partial charge on any atom is -0.342 e. The maximum atomic E-state index is 5.99. The van der Waals surface area contributed by atoms with E-state index in [1.807, 2.05) is 48.3 Å². The van der Waals surface area contributed by atoms with Crippen molar-refractivity contribution in [3.05, 3.63) is 65.6 Å². The van der Waals surface area contributed by atoms with Gasteiger partial charge in [0, 0.05) is 36.7 Å². The van der Waals surface area contributed by atoms with Gasteiger partial charge in [-0.2, -0.15) is 10.1 Å². The second kappa shape index (κ2) is 7.70. The lowest BCUT2D eigenvalue weighted by Crippen LogP contribution is -2.23. The normalized spacial score (nSPS) is 10.4. The van der Waals surface area contributed by atoms with Crippen molar-refractivity contribution in [1.82, 2.24) is 20.2 Å². The fourth-order valence-electron chi connectivity index (χ4n) is 2.18. The minimum atomic E-state index is 0.566. The Kier molecular flexibility index (Phi) is 5.18. The number of nitrogens with one attached hydrogen (secondary N) is 1. The molecule has 0 fully saturated rings. The second-order valence-corrected chi connectivity index (χ2v) is 5.74. The van der Waals surface area contributed by atoms with Crippen LogP contribution in [0.5, 0.6) is 0 Å². The summed E-state index contributed by atoms with van der Waals surface area (Å²) in [6.07, 6.45) is 6.06. The Bertz CT molecular complexity index is 796. The van der Waals surface area contributed by atoms with Gasteiger partial charge in [-0.3, -0.25) is 4.98 Å². The van der Waals surface area contributed by atoms with Gasteiger partial charge in [-0.05, 0) is 42.3 Å². The van der Waals surface area contributed by atoms with Crippen molar-refractivity contribution >= 4 is 29.1 Å². The number of nitrogens with zero attached hydrogens (tertiary/aromatic N) is 5. The van der Waals surface area contributed by atoms with E-state index in [2.05, 4.69) is 25.5 Å². The van der Waals surface area contributed by atoms with Crippen LogP contribution in [0.3, 0.4) is 0 Å². The molecule has 0 aliphatic carbocycles. The standard InChI is InChI=1S/C17H17ClN6/c1-24(10-7-13-5-8-19-9-6-13)17-22-16(12-20-23-17)21-15-4-2-3-14(18)11-15/h2-6,8-9,11-12H,7,10H2,1H3,(H,21,22,23). The molecule has 24 heavy (non-hydrogen) atoms. The van der Waals surface area contributed by atoms with E-state index in [-0.39, 0.29) is 0 Å². The van der Waals surface area contributed by atoms with Crippen molar-refractivity contribution in [1.29, 1.82) is 0 Å². The first-order valence-corrected chi connectivity index (χ1v) is 7.91. The molecule has 6 nitrogen and oxygen atoms in total. The summed E-state index contributed by atoms with van der Waals surface area (Å²) in [6, 6.07) is 11.5. The third-order valence-electron chi connectivity index (χ3n) is 3.47. The molecule has 0 bridgehead atoms. The smallest absolute Gasteiger partial charge is 0.247 e. The van der Waals surface area contributed by atoms with Gasteiger partial charge in [0.2, 0.25) is 5.95 Å². The zero-order valence-electron chi connectivity index (χ0n) is 13.2. The van der Waals surface area contributed by atoms with Gasteiger partial charge in [-0.15, -0.1) is 5.10 Å². The van der Waals surface area contributed by atoms with Crippen LogP contribution in [0.2, 0.25) is 5.02 Å². The summed E-state index contributed by atoms with van der Waals surface area (Å²) in [5.41, 5.74) is 2.08. The van der Waals surface area contributed by atoms with Crippen LogP contribution in [0.1, 0.15) is 5.56 Å². The van der Waals surface area contributed by atoms with Gasteiger partial charge in [0.05, 0.1) is 6.20 Å². The average Bonchev–Trinajstić information content (AvgIpc) is 2.61. The number of benzene rings is 1. The molecule has 0 unspecified atom stereocenters. The van der Waals surface area contributed by atoms with Crippen molar-refractivity contribution in [2.45, 2.75) is 6.42 Å². The first kappa shape index (κ1) is 16.1. The summed E-state index contributed by atoms with van der Waals surface area (Å²) in [5, 5.41) is 12.0. The number of hydrogen-bond acceptors (Lipinski definition) is 6. The lowest BCUT2D eigenvalue weighted by Gasteiger charge is -2.17. The van der Waals surface area contributed by atoms with E-state index in [0.29, 0.717) is 16.8 Å². The monoisotopic (exact) mass is 340 g/mol. The first-order chi connectivity index (χ1) is 11.7. The lowest BCUT2D eigenvalue weighted by atomic mass is 10.2. The molecule has 122 valence electrons. The number of rotatable bonds is 6. The van der Waals surface area contributed by atoms with Gasteiger partial charge < -0.3 is 10.2 Å². The van der Waals surface area contributed by atoms with Crippen molar-refractivity contribution < 1.29 is 0 Å². The molecule has 0 atom stereocenters. The maximum absolute atomic E-state index is 5.99. The van der Waals surface area contributed by atoms with Crippen LogP contribution in [-0.4, -0.2) is 33.8 Å². The fourth-order valence-corrected chi connectivity index (χ4v) is 2.37. The summed E-state index contributed by atoms with van der Waals surface area (Å²) >= 11 is 5.99. The largest absolute Gasteiger partial charge is 0.342 e. The molecular weight excluding hydrogens is 324 g/mol. The van der Waals surface area contributed by atoms with E-state index in [9.17, 15) is 0 Å². The molecule has 7 heteroatoms. The Morgan fingerprint density at radius 3 is 2.79 bits per heavy atom. The number of likely N-dealkylation sites (N-methyl/N-ethyl adjacent to an activating group) is 1. The highest BCUT2D eigenvalue weighted by Crippen LogP contribution is 2.19. The molecule has 0 aliphatic rings. The fraction of sp³-hybridized carbons (Fsp3) is 0.176. The van der Waals surface area contributed by atoms with Crippen LogP contribution in [0.15, 0.2) is 55.0 Å². The summed E-state index contributed by atoms with van der Waals surface area (Å²) in [5.74, 6) is 1.19. The number of pyridine rings is 1. The first-order valence-electron chi connectivity index (χ1n) is 7.53. The third kappa shape index (κ3) is 4.39. The highest BCUT2D eigenvalue weighted by Gasteiger charge is 2.07. The Balaban J connectivity index is 1.66. The van der Waals surface area contributed by atoms with Gasteiger partial charge in [0.15, 0.2) is 5.82 Å². The van der Waals surface area contributed by atoms with Gasteiger partial charge in [-0.25, -0.2) is 0 Å². The van der Waals surface area contributed by atoms with Crippen molar-refractivity contribution in [3.63, 3.8) is 0 Å². The predicted molar refractivity (Wildman–Crippen MR) is 95.8 cm³/mol. The number of hydrogen-bond donors (Lipinski definition) is 1. The Morgan fingerprint density at radius 2 is 2.00 bits per heavy atom. The van der Waals surface area contributed by atoms with Crippen LogP contribution in [0.25, 0.3) is 0 Å². The van der Waals surface area contributed by atoms with Gasteiger partial charge in [0.25, 0.3) is 0 Å². The zero-order chi connectivity index (χ0) is 16.8. The van der Waals surface area contributed by atoms with E-state index in [1.165, 1.54) is 5.56 Å². The maximum Gasteiger partial charge on any atom is 0.247 e. The molecule has 1 N–H and O–H groups in total. The zero-order valence-corrected chi connectivity index (χ0v) is 14.0. The van der Waals surface area contributed by atoms with Crippen LogP contribution in [-0.2, 0) is 6.42 Å². The van der Waals surface area contributed by atoms with Gasteiger partial charge in [-0.1, -0.05) is 17.7 Å². The molecule has 0 saturated heterocycles. The molecule has 0 radical (unpaired) electrons. The molecule has 0 aliphatic heterocycles. The quantitative estimate of drug-likeness (QED) is 0.742. The lowest BCUT2D eigenvalue weighted by molar-refractivity contribution is 0.812. The predicted octanol–water partition coefficient (Wildman–Crippen LogP) is 3.34. The van der Waals surface area contributed by atoms with E-state index >= 15 is 0 Å². The minimum absolute atomic E-state index is 0.566. The third-order valence-corrected chi connectivity index (χ3v) is 3.71. The van der Waals surface area contributed by atoms with E-state index in [1.54, 1.807) is 18.6 Å². The Labute approximate surface area is 145 Å². The highest BCUT2D eigenvalue weighted by atomic mass is 35.5. The van der Waals surface area contributed by atoms with E-state index in [0.717, 1.165) is 18.7 Å². The molecule has 0 spiro atoms. The number of aromatic nitrogens is 4. The van der Waals surface area contributed by atoms with Gasteiger partial charge in [0.1, 0.15) is 0 Å². The van der Waals surface area contributed by atoms with E-state index < -0.39 is 0 Å².